The van der Waals surface area contributed by atoms with E-state index in [0.29, 0.717) is 12.1 Å². The number of carbonyl (C=O) groups is 2. The summed E-state index contributed by atoms with van der Waals surface area (Å²) in [5.41, 5.74) is 1.70. The Morgan fingerprint density at radius 3 is 2.72 bits per heavy atom. The molecule has 3 aromatic rings. The Hall–Kier alpha value is -4.29. The first-order valence-corrected chi connectivity index (χ1v) is 12.7. The first-order valence-electron chi connectivity index (χ1n) is 12.7. The van der Waals surface area contributed by atoms with Crippen molar-refractivity contribution < 1.29 is 23.8 Å². The van der Waals surface area contributed by atoms with Crippen LogP contribution in [0.2, 0.25) is 0 Å². The third kappa shape index (κ3) is 6.78. The lowest BCUT2D eigenvalue weighted by molar-refractivity contribution is -0.130. The fraction of sp³-hybridized carbons (Fsp3) is 0.333. The number of hydrogen-bond donors (Lipinski definition) is 1. The van der Waals surface area contributed by atoms with E-state index in [1.807, 2.05) is 6.92 Å². The Kier molecular flexibility index (Phi) is 8.89. The van der Waals surface area contributed by atoms with Gasteiger partial charge in [0.05, 0.1) is 31.2 Å². The standard InChI is InChI=1S/C30H31FN4O4/c1-20-17-35(21(2)19-36)30(38)25-14-23(8-9-24-6-4-5-7-26(24)31)16-33-29(25)39-27(20)18-34(3)28(37)15-22-10-12-32-13-11-22/h4-7,10-14,16,20-21,27,36H,15,17-19H2,1-3H3/t20-,21+,27-/m1/s1. The van der Waals surface area contributed by atoms with Crippen LogP contribution in [0.4, 0.5) is 4.39 Å². The number of aliphatic hydroxyl groups excluding tert-OH is 1. The molecule has 8 nitrogen and oxygen atoms in total. The van der Waals surface area contributed by atoms with Gasteiger partial charge in [-0.15, -0.1) is 0 Å². The number of fused-ring (bicyclic) bond motifs is 1. The molecule has 2 amide bonds. The quantitative estimate of drug-likeness (QED) is 0.493. The largest absolute Gasteiger partial charge is 0.472 e. The molecule has 1 aromatic carbocycles. The van der Waals surface area contributed by atoms with Crippen LogP contribution in [0.25, 0.3) is 0 Å². The van der Waals surface area contributed by atoms with Crippen LogP contribution in [-0.4, -0.2) is 75.6 Å². The first-order chi connectivity index (χ1) is 18.8. The Balaban J connectivity index is 1.62. The molecule has 1 aliphatic heterocycles. The molecule has 0 fully saturated rings. The van der Waals surface area contributed by atoms with Gasteiger partial charge < -0.3 is 19.6 Å². The highest BCUT2D eigenvalue weighted by molar-refractivity contribution is 5.97. The highest BCUT2D eigenvalue weighted by Crippen LogP contribution is 2.27. The molecule has 0 unspecified atom stereocenters. The van der Waals surface area contributed by atoms with Crippen molar-refractivity contribution in [2.75, 3.05) is 26.7 Å². The zero-order valence-electron chi connectivity index (χ0n) is 22.2. The fourth-order valence-corrected chi connectivity index (χ4v) is 4.27. The number of benzene rings is 1. The van der Waals surface area contributed by atoms with Gasteiger partial charge in [0.25, 0.3) is 5.91 Å². The third-order valence-electron chi connectivity index (χ3n) is 6.72. The smallest absolute Gasteiger partial charge is 0.259 e. The van der Waals surface area contributed by atoms with E-state index >= 15 is 0 Å². The first kappa shape index (κ1) is 27.7. The van der Waals surface area contributed by atoms with Crippen molar-refractivity contribution in [2.24, 2.45) is 5.92 Å². The maximum atomic E-state index is 14.0. The highest BCUT2D eigenvalue weighted by atomic mass is 19.1. The van der Waals surface area contributed by atoms with E-state index in [2.05, 4.69) is 21.8 Å². The van der Waals surface area contributed by atoms with Gasteiger partial charge in [-0.05, 0) is 42.8 Å². The molecule has 0 bridgehead atoms. The monoisotopic (exact) mass is 530 g/mol. The number of amides is 2. The van der Waals surface area contributed by atoms with Gasteiger partial charge in [-0.1, -0.05) is 30.9 Å². The van der Waals surface area contributed by atoms with Crippen LogP contribution in [0.3, 0.4) is 0 Å². The summed E-state index contributed by atoms with van der Waals surface area (Å²) >= 11 is 0. The maximum absolute atomic E-state index is 14.0. The molecule has 3 heterocycles. The summed E-state index contributed by atoms with van der Waals surface area (Å²) in [7, 11) is 1.72. The van der Waals surface area contributed by atoms with Crippen LogP contribution in [0.5, 0.6) is 5.88 Å². The molecule has 39 heavy (non-hydrogen) atoms. The molecule has 4 rings (SSSR count). The van der Waals surface area contributed by atoms with Crippen LogP contribution in [-0.2, 0) is 11.2 Å². The molecule has 3 atom stereocenters. The number of aromatic nitrogens is 2. The number of rotatable bonds is 6. The molecule has 0 saturated heterocycles. The van der Waals surface area contributed by atoms with E-state index in [-0.39, 0.29) is 54.3 Å². The van der Waals surface area contributed by atoms with E-state index in [1.54, 1.807) is 72.6 Å². The lowest BCUT2D eigenvalue weighted by Crippen LogP contribution is -2.50. The summed E-state index contributed by atoms with van der Waals surface area (Å²) in [6, 6.07) is 10.9. The summed E-state index contributed by atoms with van der Waals surface area (Å²) in [5.74, 6) is 4.74. The zero-order chi connectivity index (χ0) is 27.9. The van der Waals surface area contributed by atoms with Gasteiger partial charge >= 0.3 is 0 Å². The van der Waals surface area contributed by atoms with Gasteiger partial charge in [0.2, 0.25) is 11.8 Å². The number of pyridine rings is 2. The minimum Gasteiger partial charge on any atom is -0.472 e. The minimum absolute atomic E-state index is 0.0809. The Morgan fingerprint density at radius 2 is 2.00 bits per heavy atom. The van der Waals surface area contributed by atoms with Crippen LogP contribution in [0.1, 0.15) is 40.9 Å². The van der Waals surface area contributed by atoms with Crippen molar-refractivity contribution >= 4 is 11.8 Å². The molecule has 202 valence electrons. The van der Waals surface area contributed by atoms with Gasteiger partial charge in [0.15, 0.2) is 0 Å². The Morgan fingerprint density at radius 1 is 1.26 bits per heavy atom. The van der Waals surface area contributed by atoms with E-state index in [9.17, 15) is 19.1 Å². The molecule has 0 radical (unpaired) electrons. The van der Waals surface area contributed by atoms with Crippen molar-refractivity contribution in [2.45, 2.75) is 32.4 Å². The average molecular weight is 531 g/mol. The van der Waals surface area contributed by atoms with E-state index in [0.717, 1.165) is 5.56 Å². The lowest BCUT2D eigenvalue weighted by atomic mass is 9.99. The third-order valence-corrected chi connectivity index (χ3v) is 6.72. The van der Waals surface area contributed by atoms with Crippen molar-refractivity contribution in [3.63, 3.8) is 0 Å². The van der Waals surface area contributed by atoms with Crippen LogP contribution < -0.4 is 4.74 Å². The van der Waals surface area contributed by atoms with Gasteiger partial charge in [-0.2, -0.15) is 0 Å². The molecule has 0 spiro atoms. The second kappa shape index (κ2) is 12.5. The van der Waals surface area contributed by atoms with Crippen LogP contribution in [0.15, 0.2) is 61.1 Å². The number of hydrogen-bond acceptors (Lipinski definition) is 6. The fourth-order valence-electron chi connectivity index (χ4n) is 4.27. The molecule has 0 saturated carbocycles. The number of likely N-dealkylation sites (N-methyl/N-ethyl adjacent to an activating group) is 1. The SMILES string of the molecule is C[C@@H]1CN([C@@H](C)CO)C(=O)c2cc(C#Cc3ccccc3F)cnc2O[C@@H]1CN(C)C(=O)Cc1ccncc1. The molecule has 2 aromatic heterocycles. The maximum Gasteiger partial charge on any atom is 0.259 e. The summed E-state index contributed by atoms with van der Waals surface area (Å²) in [6.07, 6.45) is 4.52. The van der Waals surface area contributed by atoms with Gasteiger partial charge in [-0.3, -0.25) is 14.6 Å². The summed E-state index contributed by atoms with van der Waals surface area (Å²) in [4.78, 5) is 38.1. The second-order valence-corrected chi connectivity index (χ2v) is 9.74. The predicted molar refractivity (Wildman–Crippen MR) is 143 cm³/mol. The number of nitrogens with zero attached hydrogens (tertiary/aromatic N) is 4. The molecule has 9 heteroatoms. The number of ether oxygens (including phenoxy) is 1. The van der Waals surface area contributed by atoms with Crippen molar-refractivity contribution in [1.29, 1.82) is 0 Å². The number of halogens is 1. The highest BCUT2D eigenvalue weighted by Gasteiger charge is 2.34. The van der Waals surface area contributed by atoms with E-state index in [1.165, 1.54) is 12.3 Å². The predicted octanol–water partition coefficient (Wildman–Crippen LogP) is 2.94. The Labute approximate surface area is 227 Å². The summed E-state index contributed by atoms with van der Waals surface area (Å²) in [6.45, 7) is 4.07. The molecule has 1 aliphatic rings. The van der Waals surface area contributed by atoms with Gasteiger partial charge in [-0.25, -0.2) is 9.37 Å². The van der Waals surface area contributed by atoms with Crippen molar-refractivity contribution in [3.05, 3.63) is 89.1 Å². The Bertz CT molecular complexity index is 1390. The van der Waals surface area contributed by atoms with Crippen LogP contribution >= 0.6 is 0 Å². The topological polar surface area (TPSA) is 95.9 Å². The van der Waals surface area contributed by atoms with Crippen LogP contribution in [0, 0.1) is 23.6 Å². The van der Waals surface area contributed by atoms with Crippen molar-refractivity contribution in [1.82, 2.24) is 19.8 Å². The molecule has 0 aliphatic carbocycles. The minimum atomic E-state index is -0.473. The van der Waals surface area contributed by atoms with Crippen molar-refractivity contribution in [3.8, 4) is 17.7 Å². The molecular formula is C30H31FN4O4. The number of carbonyl (C=O) groups excluding carboxylic acids is 2. The second-order valence-electron chi connectivity index (χ2n) is 9.74. The van der Waals surface area contributed by atoms with Gasteiger partial charge in [0.1, 0.15) is 17.5 Å². The normalized spacial score (nSPS) is 17.6. The van der Waals surface area contributed by atoms with Gasteiger partial charge in [0, 0.05) is 43.7 Å². The summed E-state index contributed by atoms with van der Waals surface area (Å²) < 4.78 is 20.3. The summed E-state index contributed by atoms with van der Waals surface area (Å²) in [5, 5.41) is 9.86. The molecule has 1 N–H and O–H groups in total. The lowest BCUT2D eigenvalue weighted by Gasteiger charge is -2.37. The average Bonchev–Trinajstić information content (AvgIpc) is 2.94. The van der Waals surface area contributed by atoms with E-state index in [4.69, 9.17) is 4.74 Å². The zero-order valence-corrected chi connectivity index (χ0v) is 22.2. The number of aliphatic hydroxyl groups is 1. The molecular weight excluding hydrogens is 499 g/mol. The van der Waals surface area contributed by atoms with E-state index < -0.39 is 18.0 Å².